The van der Waals surface area contributed by atoms with Gasteiger partial charge in [-0.15, -0.1) is 0 Å². The van der Waals surface area contributed by atoms with Gasteiger partial charge >= 0.3 is 12.2 Å². The smallest absolute Gasteiger partial charge is 0.421 e. The second kappa shape index (κ2) is 11.9. The molecule has 234 valence electrons. The SMILES string of the molecule is Cc1cc(N(C(=O)OC(C)(C)C)c2cc(C3CCCN(C(=O)OC(C)(C)C)C3)nc3c(-c4coc(/C=N\O)c4)cnn23)sn1. The number of nitrogens with zero attached hydrogens (tertiary/aromatic N) is 7. The standard InChI is InChI=1S/C30H37N7O6S/c1-18-11-25(44-34-18)36(28(39)43-30(5,6)7)24-13-23(19-9-8-10-35(16-19)27(38)42-29(2,3)4)33-26-22(15-31-37(24)26)20-12-21(14-32-40)41-17-20/h11-15,17,19,40H,8-10,16H2,1-7H3/b32-14-. The molecule has 1 aliphatic heterocycles. The van der Waals surface area contributed by atoms with Crippen LogP contribution < -0.4 is 4.90 Å². The highest BCUT2D eigenvalue weighted by molar-refractivity contribution is 7.10. The monoisotopic (exact) mass is 623 g/mol. The normalized spacial score (nSPS) is 16.1. The number of hydrogen-bond donors (Lipinski definition) is 1. The number of piperidine rings is 1. The number of carbonyl (C=O) groups is 2. The van der Waals surface area contributed by atoms with E-state index in [4.69, 9.17) is 24.1 Å². The number of aromatic nitrogens is 4. The Hall–Kier alpha value is -4.46. The molecule has 0 bridgehead atoms. The fourth-order valence-corrected chi connectivity index (χ4v) is 5.69. The topological polar surface area (TPSA) is 148 Å². The Morgan fingerprint density at radius 1 is 1.16 bits per heavy atom. The van der Waals surface area contributed by atoms with Crippen molar-refractivity contribution in [3.63, 3.8) is 0 Å². The first-order valence-corrected chi connectivity index (χ1v) is 15.1. The molecule has 1 fully saturated rings. The summed E-state index contributed by atoms with van der Waals surface area (Å²) >= 11 is 1.17. The average molecular weight is 624 g/mol. The lowest BCUT2D eigenvalue weighted by Gasteiger charge is -2.34. The number of anilines is 2. The Balaban J connectivity index is 1.66. The van der Waals surface area contributed by atoms with Gasteiger partial charge in [-0.1, -0.05) is 5.16 Å². The predicted octanol–water partition coefficient (Wildman–Crippen LogP) is 6.75. The van der Waals surface area contributed by atoms with Gasteiger partial charge < -0.3 is 24.0 Å². The van der Waals surface area contributed by atoms with E-state index in [2.05, 4.69) is 14.6 Å². The number of hydrogen-bond acceptors (Lipinski definition) is 11. The molecule has 0 saturated carbocycles. The maximum atomic E-state index is 13.8. The molecule has 5 heterocycles. The Morgan fingerprint density at radius 2 is 1.91 bits per heavy atom. The van der Waals surface area contributed by atoms with Crippen LogP contribution in [0, 0.1) is 6.92 Å². The van der Waals surface area contributed by atoms with Crippen LogP contribution in [0.1, 0.15) is 77.5 Å². The maximum Gasteiger partial charge on any atom is 0.421 e. The van der Waals surface area contributed by atoms with E-state index in [9.17, 15) is 9.59 Å². The van der Waals surface area contributed by atoms with Crippen LogP contribution >= 0.6 is 11.5 Å². The summed E-state index contributed by atoms with van der Waals surface area (Å²) < 4.78 is 23.0. The lowest BCUT2D eigenvalue weighted by molar-refractivity contribution is 0.0197. The number of aryl methyl sites for hydroxylation is 1. The van der Waals surface area contributed by atoms with Crippen LogP contribution in [0.5, 0.6) is 0 Å². The van der Waals surface area contributed by atoms with E-state index >= 15 is 0 Å². The Bertz CT molecular complexity index is 1690. The molecule has 1 aliphatic rings. The summed E-state index contributed by atoms with van der Waals surface area (Å²) in [5.41, 5.74) is 1.81. The fourth-order valence-electron chi connectivity index (χ4n) is 4.93. The average Bonchev–Trinajstić information content (AvgIpc) is 3.67. The minimum atomic E-state index is -0.766. The van der Waals surface area contributed by atoms with E-state index in [0.717, 1.165) is 18.5 Å². The van der Waals surface area contributed by atoms with E-state index < -0.39 is 17.3 Å². The second-order valence-corrected chi connectivity index (χ2v) is 13.5. The zero-order chi connectivity index (χ0) is 31.8. The van der Waals surface area contributed by atoms with Gasteiger partial charge in [0.2, 0.25) is 0 Å². The van der Waals surface area contributed by atoms with Crippen molar-refractivity contribution in [2.24, 2.45) is 5.16 Å². The highest BCUT2D eigenvalue weighted by Gasteiger charge is 2.33. The molecule has 4 aromatic heterocycles. The Morgan fingerprint density at radius 3 is 2.57 bits per heavy atom. The number of ether oxygens (including phenoxy) is 2. The van der Waals surface area contributed by atoms with Crippen LogP contribution in [-0.4, -0.2) is 71.8 Å². The molecule has 44 heavy (non-hydrogen) atoms. The van der Waals surface area contributed by atoms with Crippen molar-refractivity contribution in [3.05, 3.63) is 47.8 Å². The summed E-state index contributed by atoms with van der Waals surface area (Å²) in [5, 5.41) is 17.2. The van der Waals surface area contributed by atoms with Crippen molar-refractivity contribution in [2.45, 2.75) is 78.4 Å². The van der Waals surface area contributed by atoms with Crippen molar-refractivity contribution in [3.8, 4) is 11.1 Å². The molecule has 1 saturated heterocycles. The van der Waals surface area contributed by atoms with Gasteiger partial charge in [0.1, 0.15) is 34.0 Å². The van der Waals surface area contributed by atoms with E-state index in [0.29, 0.717) is 52.1 Å². The molecular formula is C30H37N7O6S. The number of rotatable bonds is 5. The molecule has 2 amide bonds. The molecular weight excluding hydrogens is 586 g/mol. The van der Waals surface area contributed by atoms with Crippen LogP contribution in [-0.2, 0) is 9.47 Å². The third-order valence-electron chi connectivity index (χ3n) is 6.72. The number of furan rings is 1. The van der Waals surface area contributed by atoms with Crippen molar-refractivity contribution < 1.29 is 28.7 Å². The molecule has 0 aliphatic carbocycles. The van der Waals surface area contributed by atoms with Crippen molar-refractivity contribution in [1.82, 2.24) is 23.9 Å². The molecule has 0 radical (unpaired) electrons. The van der Waals surface area contributed by atoms with Crippen molar-refractivity contribution >= 4 is 46.4 Å². The molecule has 13 nitrogen and oxygen atoms in total. The van der Waals surface area contributed by atoms with Gasteiger partial charge in [0.05, 0.1) is 23.8 Å². The third kappa shape index (κ3) is 6.85. The highest BCUT2D eigenvalue weighted by atomic mass is 32.1. The minimum absolute atomic E-state index is 0.145. The number of fused-ring (bicyclic) bond motifs is 1. The van der Waals surface area contributed by atoms with Crippen molar-refractivity contribution in [2.75, 3.05) is 18.0 Å². The summed E-state index contributed by atoms with van der Waals surface area (Å²) in [6.45, 7) is 13.8. The van der Waals surface area contributed by atoms with Gasteiger partial charge in [-0.2, -0.15) is 14.0 Å². The molecule has 1 unspecified atom stereocenters. The summed E-state index contributed by atoms with van der Waals surface area (Å²) in [5.74, 6) is 0.603. The second-order valence-electron chi connectivity index (χ2n) is 12.7. The lowest BCUT2D eigenvalue weighted by Crippen LogP contribution is -2.42. The fraction of sp³-hybridized carbons (Fsp3) is 0.467. The molecule has 4 aromatic rings. The molecule has 14 heteroatoms. The summed E-state index contributed by atoms with van der Waals surface area (Å²) in [6.07, 6.45) is 4.91. The van der Waals surface area contributed by atoms with Gasteiger partial charge in [0, 0.05) is 36.2 Å². The first-order valence-electron chi connectivity index (χ1n) is 14.3. The van der Waals surface area contributed by atoms with E-state index in [1.165, 1.54) is 28.9 Å². The molecule has 1 N–H and O–H groups in total. The zero-order valence-electron chi connectivity index (χ0n) is 25.9. The number of oxime groups is 1. The predicted molar refractivity (Wildman–Crippen MR) is 165 cm³/mol. The first-order chi connectivity index (χ1) is 20.7. The summed E-state index contributed by atoms with van der Waals surface area (Å²) in [6, 6.07) is 5.34. The van der Waals surface area contributed by atoms with Crippen LogP contribution in [0.4, 0.5) is 20.4 Å². The largest absolute Gasteiger partial charge is 0.463 e. The molecule has 0 aromatic carbocycles. The number of carbonyl (C=O) groups excluding carboxylic acids is 2. The van der Waals surface area contributed by atoms with E-state index in [1.54, 1.807) is 42.4 Å². The maximum absolute atomic E-state index is 13.8. The van der Waals surface area contributed by atoms with Crippen LogP contribution in [0.2, 0.25) is 0 Å². The minimum Gasteiger partial charge on any atom is -0.463 e. The first kappa shape index (κ1) is 31.0. The van der Waals surface area contributed by atoms with E-state index in [-0.39, 0.29) is 12.0 Å². The quantitative estimate of drug-likeness (QED) is 0.145. The third-order valence-corrected chi connectivity index (χ3v) is 7.59. The molecule has 5 rings (SSSR count). The number of amides is 2. The van der Waals surface area contributed by atoms with Gasteiger partial charge in [0.15, 0.2) is 5.65 Å². The summed E-state index contributed by atoms with van der Waals surface area (Å²) in [4.78, 5) is 35.0. The lowest BCUT2D eigenvalue weighted by atomic mass is 9.94. The highest BCUT2D eigenvalue weighted by Crippen LogP contribution is 2.37. The van der Waals surface area contributed by atoms with Gasteiger partial charge in [0.25, 0.3) is 0 Å². The van der Waals surface area contributed by atoms with Crippen LogP contribution in [0.25, 0.3) is 16.8 Å². The zero-order valence-corrected chi connectivity index (χ0v) is 26.7. The van der Waals surface area contributed by atoms with E-state index in [1.807, 2.05) is 39.8 Å². The van der Waals surface area contributed by atoms with Gasteiger partial charge in [-0.3, -0.25) is 0 Å². The van der Waals surface area contributed by atoms with Crippen LogP contribution in [0.3, 0.4) is 0 Å². The molecule has 0 spiro atoms. The van der Waals surface area contributed by atoms with Gasteiger partial charge in [-0.05, 0) is 85.0 Å². The van der Waals surface area contributed by atoms with Gasteiger partial charge in [-0.25, -0.2) is 19.5 Å². The Labute approximate surface area is 259 Å². The van der Waals surface area contributed by atoms with Crippen molar-refractivity contribution in [1.29, 1.82) is 0 Å². The molecule has 1 atom stereocenters. The summed E-state index contributed by atoms with van der Waals surface area (Å²) in [7, 11) is 0. The number of likely N-dealkylation sites (tertiary alicyclic amines) is 1. The Kier molecular flexibility index (Phi) is 8.38. The van der Waals surface area contributed by atoms with Crippen LogP contribution in [0.15, 0.2) is 40.2 Å².